The van der Waals surface area contributed by atoms with E-state index in [2.05, 4.69) is 15.4 Å². The van der Waals surface area contributed by atoms with Gasteiger partial charge in [0, 0.05) is 5.38 Å². The molecule has 0 radical (unpaired) electrons. The maximum Gasteiger partial charge on any atom is 0.275 e. The molecule has 1 amide bonds. The highest BCUT2D eigenvalue weighted by Gasteiger charge is 2.31. The molecule has 1 unspecified atom stereocenters. The molecular weight excluding hydrogens is 336 g/mol. The Balaban J connectivity index is 1.85. The van der Waals surface area contributed by atoms with Crippen molar-refractivity contribution in [1.82, 2.24) is 14.8 Å². The van der Waals surface area contributed by atoms with E-state index in [0.717, 1.165) is 10.7 Å². The fourth-order valence-electron chi connectivity index (χ4n) is 2.81. The van der Waals surface area contributed by atoms with Crippen LogP contribution in [-0.4, -0.2) is 40.6 Å². The second-order valence-corrected chi connectivity index (χ2v) is 9.04. The first-order valence-electron chi connectivity index (χ1n) is 7.26. The normalized spacial score (nSPS) is 19.9. The van der Waals surface area contributed by atoms with E-state index in [1.165, 1.54) is 11.3 Å². The van der Waals surface area contributed by atoms with Gasteiger partial charge in [-0.2, -0.15) is 5.10 Å². The number of hydrogen-bond acceptors (Lipinski definition) is 6. The van der Waals surface area contributed by atoms with Crippen LogP contribution in [0.15, 0.2) is 5.38 Å². The second kappa shape index (κ2) is 5.72. The summed E-state index contributed by atoms with van der Waals surface area (Å²) < 4.78 is 25.1. The van der Waals surface area contributed by atoms with Crippen molar-refractivity contribution in [3.05, 3.63) is 27.5 Å². The fraction of sp³-hybridized carbons (Fsp3) is 0.500. The molecule has 1 saturated heterocycles. The van der Waals surface area contributed by atoms with E-state index in [1.54, 1.807) is 17.0 Å². The quantitative estimate of drug-likeness (QED) is 0.908. The van der Waals surface area contributed by atoms with Gasteiger partial charge in [0.1, 0.15) is 5.69 Å². The highest BCUT2D eigenvalue weighted by atomic mass is 32.2. The van der Waals surface area contributed by atoms with Crippen molar-refractivity contribution in [3.8, 4) is 0 Å². The minimum atomic E-state index is -2.98. The number of rotatable bonds is 3. The van der Waals surface area contributed by atoms with Crippen LogP contribution in [0.25, 0.3) is 0 Å². The number of carbonyl (C=O) groups is 1. The van der Waals surface area contributed by atoms with Crippen molar-refractivity contribution in [1.29, 1.82) is 0 Å². The van der Waals surface area contributed by atoms with E-state index in [4.69, 9.17) is 0 Å². The van der Waals surface area contributed by atoms with E-state index in [-0.39, 0.29) is 23.5 Å². The van der Waals surface area contributed by atoms with Crippen LogP contribution >= 0.6 is 11.3 Å². The lowest BCUT2D eigenvalue weighted by atomic mass is 10.2. The molecule has 9 heteroatoms. The van der Waals surface area contributed by atoms with E-state index >= 15 is 0 Å². The standard InChI is InChI=1S/C14H18N4O3S2/c1-8-13(16-14(19)12-6-22-10(3)15-12)9(2)18(17-8)11-4-5-23(20,21)7-11/h6,11H,4-5,7H2,1-3H3,(H,16,19). The molecule has 0 bridgehead atoms. The lowest BCUT2D eigenvalue weighted by Gasteiger charge is -2.11. The molecule has 2 aromatic rings. The summed E-state index contributed by atoms with van der Waals surface area (Å²) in [6, 6.07) is -0.161. The summed E-state index contributed by atoms with van der Waals surface area (Å²) in [6.45, 7) is 5.48. The predicted molar refractivity (Wildman–Crippen MR) is 88.8 cm³/mol. The summed E-state index contributed by atoms with van der Waals surface area (Å²) in [5.74, 6) is 0.0165. The average molecular weight is 354 g/mol. The Bertz CT molecular complexity index is 867. The Morgan fingerprint density at radius 1 is 1.39 bits per heavy atom. The minimum Gasteiger partial charge on any atom is -0.317 e. The van der Waals surface area contributed by atoms with Crippen molar-refractivity contribution in [2.24, 2.45) is 0 Å². The smallest absolute Gasteiger partial charge is 0.275 e. The SMILES string of the molecule is Cc1nc(C(=O)Nc2c(C)nn(C3CCS(=O)(=O)C3)c2C)cs1. The summed E-state index contributed by atoms with van der Waals surface area (Å²) in [7, 11) is -2.98. The molecule has 0 aliphatic carbocycles. The fourth-order valence-corrected chi connectivity index (χ4v) is 5.10. The number of nitrogens with one attached hydrogen (secondary N) is 1. The van der Waals surface area contributed by atoms with Crippen LogP contribution in [0.1, 0.15) is 39.3 Å². The Morgan fingerprint density at radius 3 is 2.70 bits per heavy atom. The molecule has 23 heavy (non-hydrogen) atoms. The van der Waals surface area contributed by atoms with Crippen LogP contribution < -0.4 is 5.32 Å². The molecule has 2 aromatic heterocycles. The molecule has 1 fully saturated rings. The maximum atomic E-state index is 12.3. The van der Waals surface area contributed by atoms with Crippen molar-refractivity contribution in [2.45, 2.75) is 33.2 Å². The number of carbonyl (C=O) groups excluding carboxylic acids is 1. The predicted octanol–water partition coefficient (Wildman–Crippen LogP) is 1.88. The lowest BCUT2D eigenvalue weighted by Crippen LogP contribution is -2.15. The molecular formula is C14H18N4O3S2. The first-order chi connectivity index (χ1) is 10.8. The monoisotopic (exact) mass is 354 g/mol. The van der Waals surface area contributed by atoms with Gasteiger partial charge in [0.15, 0.2) is 9.84 Å². The number of thiazole rings is 1. The molecule has 3 heterocycles. The van der Waals surface area contributed by atoms with E-state index in [1.807, 2.05) is 13.8 Å². The van der Waals surface area contributed by atoms with Crippen molar-refractivity contribution < 1.29 is 13.2 Å². The Kier molecular flexibility index (Phi) is 4.01. The Hall–Kier alpha value is -1.74. The second-order valence-electron chi connectivity index (χ2n) is 5.75. The topological polar surface area (TPSA) is 93.9 Å². The molecule has 0 aromatic carbocycles. The zero-order chi connectivity index (χ0) is 16.8. The number of hydrogen-bond donors (Lipinski definition) is 1. The van der Waals surface area contributed by atoms with E-state index in [9.17, 15) is 13.2 Å². The number of sulfone groups is 1. The first kappa shape index (κ1) is 16.1. The van der Waals surface area contributed by atoms with Gasteiger partial charge in [0.2, 0.25) is 0 Å². The van der Waals surface area contributed by atoms with Gasteiger partial charge >= 0.3 is 0 Å². The van der Waals surface area contributed by atoms with Crippen molar-refractivity contribution in [2.75, 3.05) is 16.8 Å². The van der Waals surface area contributed by atoms with Gasteiger partial charge in [0.05, 0.1) is 39.6 Å². The molecule has 0 saturated carbocycles. The van der Waals surface area contributed by atoms with Crippen LogP contribution in [0.5, 0.6) is 0 Å². The zero-order valence-corrected chi connectivity index (χ0v) is 14.8. The summed E-state index contributed by atoms with van der Waals surface area (Å²) in [5.41, 5.74) is 2.45. The lowest BCUT2D eigenvalue weighted by molar-refractivity contribution is 0.102. The zero-order valence-electron chi connectivity index (χ0n) is 13.2. The molecule has 1 aliphatic rings. The van der Waals surface area contributed by atoms with Crippen LogP contribution in [0.3, 0.4) is 0 Å². The van der Waals surface area contributed by atoms with Gasteiger partial charge in [0.25, 0.3) is 5.91 Å². The maximum absolute atomic E-state index is 12.3. The van der Waals surface area contributed by atoms with Gasteiger partial charge in [-0.15, -0.1) is 11.3 Å². The number of aromatic nitrogens is 3. The van der Waals surface area contributed by atoms with Crippen LogP contribution in [-0.2, 0) is 9.84 Å². The Labute approximate surface area is 138 Å². The van der Waals surface area contributed by atoms with Gasteiger partial charge < -0.3 is 5.32 Å². The third kappa shape index (κ3) is 3.16. The van der Waals surface area contributed by atoms with Crippen LogP contribution in [0, 0.1) is 20.8 Å². The molecule has 1 N–H and O–H groups in total. The number of nitrogens with zero attached hydrogens (tertiary/aromatic N) is 3. The Morgan fingerprint density at radius 2 is 2.13 bits per heavy atom. The molecule has 3 rings (SSSR count). The molecule has 124 valence electrons. The molecule has 7 nitrogen and oxygen atoms in total. The highest BCUT2D eigenvalue weighted by molar-refractivity contribution is 7.91. The summed E-state index contributed by atoms with van der Waals surface area (Å²) >= 11 is 1.42. The van der Waals surface area contributed by atoms with Gasteiger partial charge in [-0.25, -0.2) is 13.4 Å². The number of anilines is 1. The minimum absolute atomic E-state index is 0.105. The first-order valence-corrected chi connectivity index (χ1v) is 9.96. The van der Waals surface area contributed by atoms with Crippen molar-refractivity contribution in [3.63, 3.8) is 0 Å². The summed E-state index contributed by atoms with van der Waals surface area (Å²) in [4.78, 5) is 16.4. The van der Waals surface area contributed by atoms with E-state index in [0.29, 0.717) is 23.5 Å². The highest BCUT2D eigenvalue weighted by Crippen LogP contribution is 2.29. The average Bonchev–Trinajstić information content (AvgIpc) is 3.12. The van der Waals surface area contributed by atoms with Gasteiger partial charge in [-0.05, 0) is 27.2 Å². The van der Waals surface area contributed by atoms with Crippen LogP contribution in [0.2, 0.25) is 0 Å². The molecule has 1 atom stereocenters. The molecule has 1 aliphatic heterocycles. The largest absolute Gasteiger partial charge is 0.317 e. The summed E-state index contributed by atoms with van der Waals surface area (Å²) in [5, 5.41) is 9.82. The number of aryl methyl sites for hydroxylation is 2. The number of amides is 1. The van der Waals surface area contributed by atoms with E-state index < -0.39 is 9.84 Å². The van der Waals surface area contributed by atoms with Gasteiger partial charge in [-0.1, -0.05) is 0 Å². The van der Waals surface area contributed by atoms with Crippen LogP contribution in [0.4, 0.5) is 5.69 Å². The van der Waals surface area contributed by atoms with Gasteiger partial charge in [-0.3, -0.25) is 9.48 Å². The third-order valence-electron chi connectivity index (χ3n) is 3.97. The summed E-state index contributed by atoms with van der Waals surface area (Å²) in [6.07, 6.45) is 0.558. The van der Waals surface area contributed by atoms with Crippen molar-refractivity contribution >= 4 is 32.8 Å². The molecule has 0 spiro atoms. The third-order valence-corrected chi connectivity index (χ3v) is 6.49.